The highest BCUT2D eigenvalue weighted by Crippen LogP contribution is 2.22. The summed E-state index contributed by atoms with van der Waals surface area (Å²) in [5.41, 5.74) is 1.27. The number of nitriles is 1. The van der Waals surface area contributed by atoms with Crippen molar-refractivity contribution in [2.75, 3.05) is 0 Å². The first-order valence-corrected chi connectivity index (χ1v) is 4.65. The van der Waals surface area contributed by atoms with Gasteiger partial charge in [0.2, 0.25) is 0 Å². The summed E-state index contributed by atoms with van der Waals surface area (Å²) in [7, 11) is 0. The third kappa shape index (κ3) is 2.06. The van der Waals surface area contributed by atoms with Crippen LogP contribution >= 0.6 is 0 Å². The van der Waals surface area contributed by atoms with Crippen molar-refractivity contribution in [2.45, 2.75) is 0 Å². The van der Waals surface area contributed by atoms with Crippen LogP contribution in [0.25, 0.3) is 11.1 Å². The molecule has 0 aromatic heterocycles. The molecule has 0 spiro atoms. The molecule has 1 nitrogen and oxygen atoms in total. The Hall–Kier alpha value is -2.21. The fourth-order valence-corrected chi connectivity index (χ4v) is 1.49. The molecular weight excluding hydrogens is 208 g/mol. The van der Waals surface area contributed by atoms with Crippen molar-refractivity contribution in [1.82, 2.24) is 0 Å². The second-order valence-electron chi connectivity index (χ2n) is 3.35. The van der Waals surface area contributed by atoms with E-state index in [1.165, 1.54) is 24.3 Å². The average Bonchev–Trinajstić information content (AvgIpc) is 2.28. The third-order valence-corrected chi connectivity index (χ3v) is 2.18. The van der Waals surface area contributed by atoms with Gasteiger partial charge in [0, 0.05) is 0 Å². The summed E-state index contributed by atoms with van der Waals surface area (Å²) < 4.78 is 26.1. The second kappa shape index (κ2) is 4.11. The Balaban J connectivity index is 2.56. The zero-order chi connectivity index (χ0) is 11.5. The van der Waals surface area contributed by atoms with E-state index in [1.807, 2.05) is 6.07 Å². The third-order valence-electron chi connectivity index (χ3n) is 2.18. The maximum atomic E-state index is 13.2. The summed E-state index contributed by atoms with van der Waals surface area (Å²) in [5.74, 6) is -0.890. The van der Waals surface area contributed by atoms with Crippen LogP contribution < -0.4 is 0 Å². The summed E-state index contributed by atoms with van der Waals surface area (Å²) in [6.07, 6.45) is 0. The van der Waals surface area contributed by atoms with E-state index >= 15 is 0 Å². The maximum Gasteiger partial charge on any atom is 0.125 e. The van der Waals surface area contributed by atoms with E-state index in [4.69, 9.17) is 5.26 Å². The molecule has 2 aromatic rings. The van der Waals surface area contributed by atoms with Gasteiger partial charge in [-0.25, -0.2) is 8.78 Å². The molecule has 78 valence electrons. The van der Waals surface area contributed by atoms with Crippen LogP contribution in [-0.4, -0.2) is 0 Å². The van der Waals surface area contributed by atoms with Crippen LogP contribution in [0.5, 0.6) is 0 Å². The van der Waals surface area contributed by atoms with Crippen LogP contribution in [0.1, 0.15) is 5.56 Å². The van der Waals surface area contributed by atoms with Crippen LogP contribution in [0.4, 0.5) is 8.78 Å². The summed E-state index contributed by atoms with van der Waals surface area (Å²) in [4.78, 5) is 0. The van der Waals surface area contributed by atoms with Crippen molar-refractivity contribution in [3.05, 3.63) is 59.7 Å². The number of hydrogen-bond donors (Lipinski definition) is 0. The highest BCUT2D eigenvalue weighted by Gasteiger charge is 2.03. The predicted octanol–water partition coefficient (Wildman–Crippen LogP) is 3.50. The lowest BCUT2D eigenvalue weighted by Crippen LogP contribution is -1.85. The van der Waals surface area contributed by atoms with Crippen molar-refractivity contribution in [1.29, 1.82) is 5.26 Å². The average molecular weight is 215 g/mol. The van der Waals surface area contributed by atoms with E-state index in [2.05, 4.69) is 0 Å². The zero-order valence-electron chi connectivity index (χ0n) is 8.24. The maximum absolute atomic E-state index is 13.2. The molecule has 0 fully saturated rings. The van der Waals surface area contributed by atoms with Gasteiger partial charge in [-0.2, -0.15) is 5.26 Å². The number of hydrogen-bond acceptors (Lipinski definition) is 1. The quantitative estimate of drug-likeness (QED) is 0.714. The Kier molecular flexibility index (Phi) is 2.65. The lowest BCUT2D eigenvalue weighted by atomic mass is 10.0. The molecule has 2 rings (SSSR count). The van der Waals surface area contributed by atoms with Crippen molar-refractivity contribution >= 4 is 0 Å². The smallest absolute Gasteiger partial charge is 0.125 e. The van der Waals surface area contributed by atoms with Gasteiger partial charge in [0.25, 0.3) is 0 Å². The number of halogens is 2. The monoisotopic (exact) mass is 215 g/mol. The SMILES string of the molecule is N#Cc1cc(F)cc(-c2cccc(F)c2)c1. The van der Waals surface area contributed by atoms with Gasteiger partial charge in [-0.3, -0.25) is 0 Å². The first-order valence-electron chi connectivity index (χ1n) is 4.65. The van der Waals surface area contributed by atoms with E-state index < -0.39 is 5.82 Å². The highest BCUT2D eigenvalue weighted by molar-refractivity contribution is 5.65. The molecule has 0 amide bonds. The summed E-state index contributed by atoms with van der Waals surface area (Å²) in [6, 6.07) is 11.6. The van der Waals surface area contributed by atoms with Gasteiger partial charge >= 0.3 is 0 Å². The molecule has 16 heavy (non-hydrogen) atoms. The number of nitrogens with zero attached hydrogens (tertiary/aromatic N) is 1. The topological polar surface area (TPSA) is 23.8 Å². The molecule has 0 unspecified atom stereocenters. The van der Waals surface area contributed by atoms with E-state index in [-0.39, 0.29) is 11.4 Å². The molecule has 0 aliphatic rings. The Labute approximate surface area is 91.6 Å². The first-order chi connectivity index (χ1) is 7.69. The van der Waals surface area contributed by atoms with E-state index in [9.17, 15) is 8.78 Å². The Morgan fingerprint density at radius 1 is 0.875 bits per heavy atom. The molecule has 0 atom stereocenters. The van der Waals surface area contributed by atoms with Crippen LogP contribution in [0.3, 0.4) is 0 Å². The molecule has 2 aromatic carbocycles. The molecule has 0 bridgehead atoms. The molecule has 0 aliphatic heterocycles. The van der Waals surface area contributed by atoms with Gasteiger partial charge in [0.15, 0.2) is 0 Å². The van der Waals surface area contributed by atoms with Gasteiger partial charge in [-0.1, -0.05) is 12.1 Å². The molecule has 0 aliphatic carbocycles. The van der Waals surface area contributed by atoms with Crippen molar-refractivity contribution in [3.8, 4) is 17.2 Å². The van der Waals surface area contributed by atoms with Crippen molar-refractivity contribution < 1.29 is 8.78 Å². The summed E-state index contributed by atoms with van der Waals surface area (Å²) >= 11 is 0. The fourth-order valence-electron chi connectivity index (χ4n) is 1.49. The summed E-state index contributed by atoms with van der Waals surface area (Å²) in [6.45, 7) is 0. The fraction of sp³-hybridized carbons (Fsp3) is 0. The van der Waals surface area contributed by atoms with Gasteiger partial charge < -0.3 is 0 Å². The van der Waals surface area contributed by atoms with Crippen LogP contribution in [-0.2, 0) is 0 Å². The molecule has 0 saturated carbocycles. The second-order valence-corrected chi connectivity index (χ2v) is 3.35. The minimum Gasteiger partial charge on any atom is -0.207 e. The Bertz CT molecular complexity index is 570. The standard InChI is InChI=1S/C13H7F2N/c14-12-3-1-2-10(6-12)11-4-9(8-16)5-13(15)7-11/h1-7H. The Morgan fingerprint density at radius 2 is 1.62 bits per heavy atom. The predicted molar refractivity (Wildman–Crippen MR) is 56.5 cm³/mol. The first kappa shape index (κ1) is 10.3. The largest absolute Gasteiger partial charge is 0.207 e. The van der Waals surface area contributed by atoms with Crippen molar-refractivity contribution in [3.63, 3.8) is 0 Å². The van der Waals surface area contributed by atoms with Crippen molar-refractivity contribution in [2.24, 2.45) is 0 Å². The van der Waals surface area contributed by atoms with E-state index in [1.54, 1.807) is 12.1 Å². The number of benzene rings is 2. The van der Waals surface area contributed by atoms with Gasteiger partial charge in [0.05, 0.1) is 11.6 Å². The molecule has 0 saturated heterocycles. The van der Waals surface area contributed by atoms with E-state index in [0.29, 0.717) is 11.1 Å². The highest BCUT2D eigenvalue weighted by atomic mass is 19.1. The van der Waals surface area contributed by atoms with Crippen LogP contribution in [0.2, 0.25) is 0 Å². The lowest BCUT2D eigenvalue weighted by molar-refractivity contribution is 0.625. The molecule has 3 heteroatoms. The number of rotatable bonds is 1. The Morgan fingerprint density at radius 3 is 2.31 bits per heavy atom. The van der Waals surface area contributed by atoms with Gasteiger partial charge in [-0.15, -0.1) is 0 Å². The zero-order valence-corrected chi connectivity index (χ0v) is 8.24. The molecule has 0 radical (unpaired) electrons. The van der Waals surface area contributed by atoms with Crippen LogP contribution in [0.15, 0.2) is 42.5 Å². The molecular formula is C13H7F2N. The normalized spacial score (nSPS) is 9.81. The molecule has 0 heterocycles. The van der Waals surface area contributed by atoms with E-state index in [0.717, 1.165) is 6.07 Å². The summed E-state index contributed by atoms with van der Waals surface area (Å²) in [5, 5.41) is 8.70. The van der Waals surface area contributed by atoms with Gasteiger partial charge in [0.1, 0.15) is 11.6 Å². The minimum absolute atomic E-state index is 0.222. The minimum atomic E-state index is -0.502. The van der Waals surface area contributed by atoms with Crippen LogP contribution in [0, 0.1) is 23.0 Å². The molecule has 0 N–H and O–H groups in total. The lowest BCUT2D eigenvalue weighted by Gasteiger charge is -2.02. The van der Waals surface area contributed by atoms with Gasteiger partial charge in [-0.05, 0) is 41.5 Å².